The molecule has 5 heteroatoms. The topological polar surface area (TPSA) is 82.7 Å². The van der Waals surface area contributed by atoms with Gasteiger partial charge in [0, 0.05) is 18.7 Å². The first-order valence-corrected chi connectivity index (χ1v) is 5.45. The highest BCUT2D eigenvalue weighted by atomic mass is 16.4. The van der Waals surface area contributed by atoms with E-state index < -0.39 is 5.97 Å². The van der Waals surface area contributed by atoms with E-state index in [4.69, 9.17) is 14.6 Å². The number of hydrogen-bond acceptors (Lipinski definition) is 4. The first-order chi connectivity index (χ1) is 8.66. The van der Waals surface area contributed by atoms with Crippen molar-refractivity contribution >= 4 is 5.97 Å². The molecule has 3 N–H and O–H groups in total. The molecule has 0 spiro atoms. The van der Waals surface area contributed by atoms with Gasteiger partial charge in [0.15, 0.2) is 0 Å². The zero-order valence-electron chi connectivity index (χ0n) is 9.59. The first kappa shape index (κ1) is 12.2. The van der Waals surface area contributed by atoms with Gasteiger partial charge in [-0.15, -0.1) is 0 Å². The summed E-state index contributed by atoms with van der Waals surface area (Å²) in [6.45, 7) is 1.00. The van der Waals surface area contributed by atoms with E-state index in [2.05, 4.69) is 5.32 Å². The number of rotatable bonds is 5. The van der Waals surface area contributed by atoms with Crippen molar-refractivity contribution in [3.8, 4) is 5.75 Å². The molecule has 1 heterocycles. The summed E-state index contributed by atoms with van der Waals surface area (Å²) in [6.07, 6.45) is 1.36. The van der Waals surface area contributed by atoms with Crippen LogP contribution >= 0.6 is 0 Å². The zero-order chi connectivity index (χ0) is 13.0. The lowest BCUT2D eigenvalue weighted by atomic mass is 10.2. The molecule has 18 heavy (non-hydrogen) atoms. The summed E-state index contributed by atoms with van der Waals surface area (Å²) in [5.41, 5.74) is 1.62. The summed E-state index contributed by atoms with van der Waals surface area (Å²) in [5, 5.41) is 21.1. The van der Waals surface area contributed by atoms with E-state index >= 15 is 0 Å². The number of nitrogens with one attached hydrogen (secondary N) is 1. The molecule has 1 aromatic heterocycles. The largest absolute Gasteiger partial charge is 0.508 e. The number of hydrogen-bond donors (Lipinski definition) is 3. The van der Waals surface area contributed by atoms with Crippen molar-refractivity contribution in [1.29, 1.82) is 0 Å². The Bertz CT molecular complexity index is 530. The summed E-state index contributed by atoms with van der Waals surface area (Å²) >= 11 is 0. The summed E-state index contributed by atoms with van der Waals surface area (Å²) in [6, 6.07) is 8.45. The van der Waals surface area contributed by atoms with Crippen molar-refractivity contribution < 1.29 is 19.4 Å². The van der Waals surface area contributed by atoms with Crippen molar-refractivity contribution in [3.05, 3.63) is 53.5 Å². The Morgan fingerprint density at radius 2 is 1.89 bits per heavy atom. The Morgan fingerprint density at radius 1 is 1.17 bits per heavy atom. The van der Waals surface area contributed by atoms with Crippen LogP contribution in [-0.2, 0) is 13.1 Å². The molecule has 94 valence electrons. The number of furan rings is 1. The summed E-state index contributed by atoms with van der Waals surface area (Å²) < 4.78 is 4.87. The molecular weight excluding hydrogens is 234 g/mol. The van der Waals surface area contributed by atoms with Gasteiger partial charge in [-0.05, 0) is 23.8 Å². The van der Waals surface area contributed by atoms with Gasteiger partial charge in [0.25, 0.3) is 0 Å². The molecule has 0 atom stereocenters. The average Bonchev–Trinajstić information content (AvgIpc) is 2.80. The lowest BCUT2D eigenvalue weighted by molar-refractivity contribution is 0.0660. The Morgan fingerprint density at radius 3 is 2.56 bits per heavy atom. The number of phenolic OH excluding ortho intramolecular Hbond substituents is 1. The number of benzene rings is 1. The van der Waals surface area contributed by atoms with Gasteiger partial charge in [-0.25, -0.2) is 4.79 Å². The van der Waals surface area contributed by atoms with Crippen LogP contribution in [0, 0.1) is 0 Å². The van der Waals surface area contributed by atoms with Crippen LogP contribution in [0.25, 0.3) is 0 Å². The third kappa shape index (κ3) is 2.89. The summed E-state index contributed by atoms with van der Waals surface area (Å²) in [7, 11) is 0. The Balaban J connectivity index is 1.90. The molecule has 0 aliphatic heterocycles. The number of carboxylic acids is 1. The molecule has 0 saturated heterocycles. The third-order valence-corrected chi connectivity index (χ3v) is 2.52. The van der Waals surface area contributed by atoms with E-state index in [9.17, 15) is 4.79 Å². The quantitative estimate of drug-likeness (QED) is 0.752. The van der Waals surface area contributed by atoms with Crippen LogP contribution in [0.5, 0.6) is 5.75 Å². The Kier molecular flexibility index (Phi) is 3.64. The number of carboxylic acid groups (broad SMARTS) is 1. The van der Waals surface area contributed by atoms with E-state index in [0.717, 1.165) is 5.56 Å². The van der Waals surface area contributed by atoms with Crippen molar-refractivity contribution in [1.82, 2.24) is 5.32 Å². The number of carbonyl (C=O) groups is 1. The lowest BCUT2D eigenvalue weighted by Crippen LogP contribution is -2.14. The predicted octanol–water partition coefficient (Wildman–Crippen LogP) is 1.97. The monoisotopic (exact) mass is 247 g/mol. The standard InChI is InChI=1S/C13H13NO4/c15-11-3-1-9(2-4-11)7-14-8-10-5-6-18-12(10)13(16)17/h1-6,14-15H,7-8H2,(H,16,17). The zero-order valence-corrected chi connectivity index (χ0v) is 9.59. The smallest absolute Gasteiger partial charge is 0.372 e. The molecule has 0 fully saturated rings. The Labute approximate surface area is 104 Å². The molecular formula is C13H13NO4. The van der Waals surface area contributed by atoms with Gasteiger partial charge < -0.3 is 19.9 Å². The van der Waals surface area contributed by atoms with E-state index in [1.807, 2.05) is 0 Å². The van der Waals surface area contributed by atoms with E-state index in [1.54, 1.807) is 30.3 Å². The first-order valence-electron chi connectivity index (χ1n) is 5.45. The van der Waals surface area contributed by atoms with Crippen LogP contribution in [0.15, 0.2) is 41.0 Å². The SMILES string of the molecule is O=C(O)c1occc1CNCc1ccc(O)cc1. The van der Waals surface area contributed by atoms with Crippen molar-refractivity contribution in [3.63, 3.8) is 0 Å². The predicted molar refractivity (Wildman–Crippen MR) is 64.3 cm³/mol. The van der Waals surface area contributed by atoms with Gasteiger partial charge >= 0.3 is 5.97 Å². The fraction of sp³-hybridized carbons (Fsp3) is 0.154. The van der Waals surface area contributed by atoms with Crippen LogP contribution in [-0.4, -0.2) is 16.2 Å². The van der Waals surface area contributed by atoms with Gasteiger partial charge in [0.1, 0.15) is 5.75 Å². The number of aromatic carboxylic acids is 1. The van der Waals surface area contributed by atoms with Crippen LogP contribution < -0.4 is 5.32 Å². The second kappa shape index (κ2) is 5.37. The lowest BCUT2D eigenvalue weighted by Gasteiger charge is -2.04. The third-order valence-electron chi connectivity index (χ3n) is 2.52. The van der Waals surface area contributed by atoms with Crippen LogP contribution in [0.3, 0.4) is 0 Å². The van der Waals surface area contributed by atoms with Crippen molar-refractivity contribution in [2.45, 2.75) is 13.1 Å². The van der Waals surface area contributed by atoms with Gasteiger partial charge in [-0.1, -0.05) is 12.1 Å². The molecule has 2 aromatic rings. The summed E-state index contributed by atoms with van der Waals surface area (Å²) in [4.78, 5) is 10.8. The molecule has 2 rings (SSSR count). The second-order valence-corrected chi connectivity index (χ2v) is 3.85. The minimum atomic E-state index is -1.07. The maximum Gasteiger partial charge on any atom is 0.372 e. The molecule has 0 aliphatic rings. The van der Waals surface area contributed by atoms with Gasteiger partial charge in [-0.2, -0.15) is 0 Å². The van der Waals surface area contributed by atoms with Gasteiger partial charge in [-0.3, -0.25) is 0 Å². The highest BCUT2D eigenvalue weighted by Crippen LogP contribution is 2.12. The minimum Gasteiger partial charge on any atom is -0.508 e. The highest BCUT2D eigenvalue weighted by Gasteiger charge is 2.12. The normalized spacial score (nSPS) is 10.4. The van der Waals surface area contributed by atoms with Crippen LogP contribution in [0.2, 0.25) is 0 Å². The maximum absolute atomic E-state index is 10.8. The van der Waals surface area contributed by atoms with E-state index in [1.165, 1.54) is 6.26 Å². The molecule has 0 unspecified atom stereocenters. The van der Waals surface area contributed by atoms with Crippen LogP contribution in [0.4, 0.5) is 0 Å². The molecule has 0 aliphatic carbocycles. The second-order valence-electron chi connectivity index (χ2n) is 3.85. The van der Waals surface area contributed by atoms with Gasteiger partial charge in [0.05, 0.1) is 6.26 Å². The van der Waals surface area contributed by atoms with Crippen molar-refractivity contribution in [2.75, 3.05) is 0 Å². The van der Waals surface area contributed by atoms with E-state index in [0.29, 0.717) is 18.7 Å². The average molecular weight is 247 g/mol. The minimum absolute atomic E-state index is 0.0341. The fourth-order valence-electron chi connectivity index (χ4n) is 1.62. The summed E-state index contributed by atoms with van der Waals surface area (Å²) in [5.74, 6) is -0.878. The van der Waals surface area contributed by atoms with E-state index in [-0.39, 0.29) is 11.5 Å². The molecule has 0 saturated carbocycles. The maximum atomic E-state index is 10.8. The fourth-order valence-corrected chi connectivity index (χ4v) is 1.62. The molecule has 0 radical (unpaired) electrons. The van der Waals surface area contributed by atoms with Gasteiger partial charge in [0.2, 0.25) is 5.76 Å². The Hall–Kier alpha value is -2.27. The molecule has 5 nitrogen and oxygen atoms in total. The van der Waals surface area contributed by atoms with Crippen LogP contribution in [0.1, 0.15) is 21.7 Å². The van der Waals surface area contributed by atoms with Crippen molar-refractivity contribution in [2.24, 2.45) is 0 Å². The number of phenols is 1. The molecule has 1 aromatic carbocycles. The highest BCUT2D eigenvalue weighted by molar-refractivity contribution is 5.86. The molecule has 0 amide bonds. The molecule has 0 bridgehead atoms. The number of aromatic hydroxyl groups is 1.